The van der Waals surface area contributed by atoms with Crippen LogP contribution < -0.4 is 10.6 Å². The van der Waals surface area contributed by atoms with E-state index in [1.807, 2.05) is 0 Å². The van der Waals surface area contributed by atoms with Gasteiger partial charge in [-0.1, -0.05) is 31.2 Å². The quantitative estimate of drug-likeness (QED) is 0.289. The summed E-state index contributed by atoms with van der Waals surface area (Å²) in [6.07, 6.45) is 0.940. The van der Waals surface area contributed by atoms with Gasteiger partial charge in [0.15, 0.2) is 5.96 Å². The van der Waals surface area contributed by atoms with Crippen molar-refractivity contribution in [1.29, 1.82) is 0 Å². The minimum atomic E-state index is 0.645. The summed E-state index contributed by atoms with van der Waals surface area (Å²) in [5, 5.41) is 6.68. The number of methoxy groups -OCH3 is 1. The minimum Gasteiger partial charge on any atom is -0.382 e. The number of hydrogen-bond donors (Lipinski definition) is 2. The van der Waals surface area contributed by atoms with Gasteiger partial charge in [-0.25, -0.2) is 4.99 Å². The first-order valence-corrected chi connectivity index (χ1v) is 11.4. The van der Waals surface area contributed by atoms with Gasteiger partial charge < -0.3 is 25.0 Å². The van der Waals surface area contributed by atoms with E-state index in [1.54, 1.807) is 7.11 Å². The molecule has 0 unspecified atom stereocenters. The van der Waals surface area contributed by atoms with Gasteiger partial charge in [-0.3, -0.25) is 4.90 Å². The molecule has 170 valence electrons. The number of ether oxygens (including phenoxy) is 2. The van der Waals surface area contributed by atoms with E-state index in [1.165, 1.54) is 24.2 Å². The summed E-state index contributed by atoms with van der Waals surface area (Å²) in [5.74, 6) is 0.854. The van der Waals surface area contributed by atoms with E-state index in [2.05, 4.69) is 58.5 Å². The van der Waals surface area contributed by atoms with Crippen LogP contribution in [0.3, 0.4) is 0 Å². The fourth-order valence-electron chi connectivity index (χ4n) is 3.41. The highest BCUT2D eigenvalue weighted by Gasteiger charge is 2.15. The molecule has 2 rings (SSSR count). The van der Waals surface area contributed by atoms with Gasteiger partial charge >= 0.3 is 0 Å². The van der Waals surface area contributed by atoms with Gasteiger partial charge in [-0.15, -0.1) is 0 Å². The Bertz CT molecular complexity index is 586. The van der Waals surface area contributed by atoms with E-state index in [0.29, 0.717) is 19.8 Å². The lowest BCUT2D eigenvalue weighted by atomic mass is 10.1. The fraction of sp³-hybridized carbons (Fsp3) is 0.696. The van der Waals surface area contributed by atoms with Crippen LogP contribution in [0.15, 0.2) is 29.3 Å². The molecule has 30 heavy (non-hydrogen) atoms. The van der Waals surface area contributed by atoms with E-state index >= 15 is 0 Å². The van der Waals surface area contributed by atoms with Gasteiger partial charge in [0.1, 0.15) is 0 Å². The molecular formula is C23H41N5O2. The summed E-state index contributed by atoms with van der Waals surface area (Å²) in [6.45, 7) is 15.6. The molecule has 0 aliphatic carbocycles. The molecule has 1 aromatic rings. The Hall–Kier alpha value is -1.67. The van der Waals surface area contributed by atoms with Crippen molar-refractivity contribution >= 4 is 5.96 Å². The fourth-order valence-corrected chi connectivity index (χ4v) is 3.41. The largest absolute Gasteiger partial charge is 0.382 e. The maximum Gasteiger partial charge on any atom is 0.191 e. The molecule has 1 heterocycles. The lowest BCUT2D eigenvalue weighted by Crippen LogP contribution is -2.45. The van der Waals surface area contributed by atoms with Crippen LogP contribution in [0.1, 0.15) is 31.4 Å². The van der Waals surface area contributed by atoms with Crippen LogP contribution in [-0.2, 0) is 22.6 Å². The zero-order valence-corrected chi connectivity index (χ0v) is 19.2. The zero-order valence-electron chi connectivity index (χ0n) is 19.2. The number of benzene rings is 1. The second kappa shape index (κ2) is 15.2. The maximum absolute atomic E-state index is 5.49. The van der Waals surface area contributed by atoms with Crippen molar-refractivity contribution in [2.45, 2.75) is 33.4 Å². The Morgan fingerprint density at radius 3 is 2.30 bits per heavy atom. The Morgan fingerprint density at radius 2 is 1.63 bits per heavy atom. The molecule has 0 radical (unpaired) electrons. The third kappa shape index (κ3) is 9.89. The molecule has 7 heteroatoms. The van der Waals surface area contributed by atoms with Gasteiger partial charge in [0.05, 0.1) is 19.8 Å². The standard InChI is InChI=1S/C23H41N5O2/c1-4-24-23(25-11-6-16-30-18-17-29-3)26-19-21-7-9-22(10-8-21)20-28-14-12-27(5-2)13-15-28/h7-10H,4-6,11-20H2,1-3H3,(H2,24,25,26). The van der Waals surface area contributed by atoms with Crippen LogP contribution in [0.5, 0.6) is 0 Å². The first kappa shape index (κ1) is 24.6. The third-order valence-corrected chi connectivity index (χ3v) is 5.29. The van der Waals surface area contributed by atoms with Crippen molar-refractivity contribution in [3.8, 4) is 0 Å². The summed E-state index contributed by atoms with van der Waals surface area (Å²) in [6, 6.07) is 8.90. The summed E-state index contributed by atoms with van der Waals surface area (Å²) >= 11 is 0. The Labute approximate surface area is 182 Å². The van der Waals surface area contributed by atoms with Gasteiger partial charge in [0.25, 0.3) is 0 Å². The molecule has 1 aromatic carbocycles. The molecule has 7 nitrogen and oxygen atoms in total. The van der Waals surface area contributed by atoms with Gasteiger partial charge in [0, 0.05) is 59.5 Å². The molecular weight excluding hydrogens is 378 g/mol. The maximum atomic E-state index is 5.49. The summed E-state index contributed by atoms with van der Waals surface area (Å²) in [5.41, 5.74) is 2.61. The third-order valence-electron chi connectivity index (χ3n) is 5.29. The van der Waals surface area contributed by atoms with E-state index in [9.17, 15) is 0 Å². The van der Waals surface area contributed by atoms with Crippen molar-refractivity contribution in [3.63, 3.8) is 0 Å². The molecule has 1 fully saturated rings. The van der Waals surface area contributed by atoms with E-state index < -0.39 is 0 Å². The predicted octanol–water partition coefficient (Wildman–Crippen LogP) is 1.93. The molecule has 1 aliphatic heterocycles. The van der Waals surface area contributed by atoms with Crippen LogP contribution in [0.4, 0.5) is 0 Å². The number of hydrogen-bond acceptors (Lipinski definition) is 5. The molecule has 0 amide bonds. The van der Waals surface area contributed by atoms with E-state index in [-0.39, 0.29) is 0 Å². The van der Waals surface area contributed by atoms with Crippen LogP contribution >= 0.6 is 0 Å². The zero-order chi connectivity index (χ0) is 21.4. The first-order chi connectivity index (χ1) is 14.7. The topological polar surface area (TPSA) is 61.4 Å². The number of rotatable bonds is 13. The normalized spacial score (nSPS) is 16.0. The molecule has 2 N–H and O–H groups in total. The number of aliphatic imine (C=N–C) groups is 1. The molecule has 0 spiro atoms. The highest BCUT2D eigenvalue weighted by Crippen LogP contribution is 2.11. The summed E-state index contributed by atoms with van der Waals surface area (Å²) in [4.78, 5) is 9.77. The molecule has 1 aliphatic rings. The van der Waals surface area contributed by atoms with Crippen LogP contribution in [0.2, 0.25) is 0 Å². The van der Waals surface area contributed by atoms with Crippen molar-refractivity contribution in [1.82, 2.24) is 20.4 Å². The monoisotopic (exact) mass is 419 g/mol. The molecule has 0 atom stereocenters. The smallest absolute Gasteiger partial charge is 0.191 e. The average Bonchev–Trinajstić information content (AvgIpc) is 2.78. The van der Waals surface area contributed by atoms with Crippen molar-refractivity contribution in [2.24, 2.45) is 4.99 Å². The Morgan fingerprint density at radius 1 is 0.933 bits per heavy atom. The first-order valence-electron chi connectivity index (χ1n) is 11.4. The highest BCUT2D eigenvalue weighted by molar-refractivity contribution is 5.79. The van der Waals surface area contributed by atoms with Crippen molar-refractivity contribution in [3.05, 3.63) is 35.4 Å². The van der Waals surface area contributed by atoms with Crippen LogP contribution in [0, 0.1) is 0 Å². The number of likely N-dealkylation sites (N-methyl/N-ethyl adjacent to an activating group) is 1. The second-order valence-electron chi connectivity index (χ2n) is 7.61. The Kier molecular flexibility index (Phi) is 12.4. The number of piperazine rings is 1. The average molecular weight is 420 g/mol. The second-order valence-corrected chi connectivity index (χ2v) is 7.61. The molecule has 1 saturated heterocycles. The predicted molar refractivity (Wildman–Crippen MR) is 124 cm³/mol. The van der Waals surface area contributed by atoms with Gasteiger partial charge in [-0.2, -0.15) is 0 Å². The van der Waals surface area contributed by atoms with Crippen LogP contribution in [0.25, 0.3) is 0 Å². The van der Waals surface area contributed by atoms with Gasteiger partial charge in [0.2, 0.25) is 0 Å². The lowest BCUT2D eigenvalue weighted by Gasteiger charge is -2.34. The van der Waals surface area contributed by atoms with Gasteiger partial charge in [-0.05, 0) is 31.0 Å². The molecule has 0 aromatic heterocycles. The van der Waals surface area contributed by atoms with Crippen molar-refractivity contribution < 1.29 is 9.47 Å². The summed E-state index contributed by atoms with van der Waals surface area (Å²) in [7, 11) is 1.69. The lowest BCUT2D eigenvalue weighted by molar-refractivity contribution is 0.0698. The number of nitrogens with one attached hydrogen (secondary N) is 2. The van der Waals surface area contributed by atoms with E-state index in [4.69, 9.17) is 14.5 Å². The van der Waals surface area contributed by atoms with E-state index in [0.717, 1.165) is 58.3 Å². The van der Waals surface area contributed by atoms with Crippen LogP contribution in [-0.4, -0.2) is 88.5 Å². The summed E-state index contributed by atoms with van der Waals surface area (Å²) < 4.78 is 10.5. The SMILES string of the molecule is CCNC(=NCc1ccc(CN2CCN(CC)CC2)cc1)NCCCOCCOC. The Balaban J connectivity index is 1.71. The number of guanidine groups is 1. The molecule has 0 saturated carbocycles. The molecule has 0 bridgehead atoms. The highest BCUT2D eigenvalue weighted by atomic mass is 16.5. The van der Waals surface area contributed by atoms with Crippen molar-refractivity contribution in [2.75, 3.05) is 72.7 Å². The number of nitrogens with zero attached hydrogens (tertiary/aromatic N) is 3. The minimum absolute atomic E-state index is 0.645.